The minimum absolute atomic E-state index is 0.118. The van der Waals surface area contributed by atoms with Crippen LogP contribution < -0.4 is 5.73 Å². The van der Waals surface area contributed by atoms with E-state index in [1.54, 1.807) is 6.07 Å². The van der Waals surface area contributed by atoms with Crippen LogP contribution in [0.5, 0.6) is 11.5 Å². The summed E-state index contributed by atoms with van der Waals surface area (Å²) in [5.41, 5.74) is 8.88. The molecule has 6 heteroatoms. The second-order valence-corrected chi connectivity index (χ2v) is 5.53. The van der Waals surface area contributed by atoms with Crippen molar-refractivity contribution in [1.29, 1.82) is 0 Å². The van der Waals surface area contributed by atoms with Gasteiger partial charge in [-0.2, -0.15) is 5.10 Å². The average Bonchev–Trinajstić information content (AvgIpc) is 2.76. The summed E-state index contributed by atoms with van der Waals surface area (Å²) < 4.78 is 1.41. The second kappa shape index (κ2) is 6.19. The van der Waals surface area contributed by atoms with Crippen LogP contribution in [-0.2, 0) is 13.0 Å². The Kier molecular flexibility index (Phi) is 4.51. The maximum absolute atomic E-state index is 12.6. The first-order valence-electron chi connectivity index (χ1n) is 7.15. The molecule has 0 aliphatic rings. The Labute approximate surface area is 129 Å². The predicted octanol–water partition coefficient (Wildman–Crippen LogP) is 1.89. The summed E-state index contributed by atoms with van der Waals surface area (Å²) in [5, 5.41) is 23.1. The Hall–Kier alpha value is -2.34. The fourth-order valence-electron chi connectivity index (χ4n) is 2.53. The highest BCUT2D eigenvalue weighted by atomic mass is 16.3. The highest BCUT2D eigenvalue weighted by molar-refractivity contribution is 5.81. The number of nitrogens with two attached hydrogens (primary N) is 1. The van der Waals surface area contributed by atoms with Gasteiger partial charge in [-0.05, 0) is 38.0 Å². The lowest BCUT2D eigenvalue weighted by molar-refractivity contribution is 0.0824. The third-order valence-electron chi connectivity index (χ3n) is 3.86. The molecule has 1 aromatic heterocycles. The standard InChI is InChI=1S/C16H21N3O3/c1-9(6-12-4-5-14(20)15(21)7-12)16(22)19-11(3)13(8-17)10(2)18-19/h4-5,7,9,20-21H,6,8,17H2,1-3H3. The van der Waals surface area contributed by atoms with Crippen molar-refractivity contribution < 1.29 is 15.0 Å². The van der Waals surface area contributed by atoms with Gasteiger partial charge in [0.15, 0.2) is 11.5 Å². The zero-order valence-corrected chi connectivity index (χ0v) is 13.0. The van der Waals surface area contributed by atoms with Crippen molar-refractivity contribution in [2.75, 3.05) is 0 Å². The summed E-state index contributed by atoms with van der Waals surface area (Å²) in [6, 6.07) is 4.56. The van der Waals surface area contributed by atoms with E-state index in [2.05, 4.69) is 5.10 Å². The van der Waals surface area contributed by atoms with Gasteiger partial charge in [-0.3, -0.25) is 4.79 Å². The van der Waals surface area contributed by atoms with E-state index in [1.807, 2.05) is 20.8 Å². The first-order chi connectivity index (χ1) is 10.3. The molecule has 0 saturated carbocycles. The van der Waals surface area contributed by atoms with Crippen LogP contribution in [0.3, 0.4) is 0 Å². The van der Waals surface area contributed by atoms with E-state index in [9.17, 15) is 15.0 Å². The van der Waals surface area contributed by atoms with Crippen molar-refractivity contribution in [2.45, 2.75) is 33.7 Å². The number of phenols is 2. The van der Waals surface area contributed by atoms with E-state index in [1.165, 1.54) is 16.8 Å². The van der Waals surface area contributed by atoms with Gasteiger partial charge in [0.2, 0.25) is 5.91 Å². The molecule has 0 amide bonds. The smallest absolute Gasteiger partial charge is 0.250 e. The molecule has 0 radical (unpaired) electrons. The largest absolute Gasteiger partial charge is 0.504 e. The number of hydrogen-bond donors (Lipinski definition) is 3. The number of carbonyl (C=O) groups excluding carboxylic acids is 1. The van der Waals surface area contributed by atoms with Crippen molar-refractivity contribution >= 4 is 5.91 Å². The highest BCUT2D eigenvalue weighted by Gasteiger charge is 2.21. The van der Waals surface area contributed by atoms with Crippen LogP contribution in [-0.4, -0.2) is 25.9 Å². The van der Waals surface area contributed by atoms with Crippen LogP contribution in [0.15, 0.2) is 18.2 Å². The number of aromatic nitrogens is 2. The number of hydrogen-bond acceptors (Lipinski definition) is 5. The van der Waals surface area contributed by atoms with Gasteiger partial charge in [-0.15, -0.1) is 0 Å². The van der Waals surface area contributed by atoms with E-state index < -0.39 is 0 Å². The van der Waals surface area contributed by atoms with Crippen LogP contribution in [0.2, 0.25) is 0 Å². The zero-order valence-electron chi connectivity index (χ0n) is 13.0. The van der Waals surface area contributed by atoms with Crippen LogP contribution in [0.4, 0.5) is 0 Å². The molecule has 0 spiro atoms. The third-order valence-corrected chi connectivity index (χ3v) is 3.86. The van der Waals surface area contributed by atoms with Crippen LogP contribution in [0.25, 0.3) is 0 Å². The molecule has 1 aromatic carbocycles. The zero-order chi connectivity index (χ0) is 16.4. The number of aromatic hydroxyl groups is 2. The lowest BCUT2D eigenvalue weighted by Crippen LogP contribution is -2.23. The number of benzene rings is 1. The fourth-order valence-corrected chi connectivity index (χ4v) is 2.53. The molecular formula is C16H21N3O3. The minimum atomic E-state index is -0.312. The summed E-state index contributed by atoms with van der Waals surface area (Å²) in [6.07, 6.45) is 0.447. The number of nitrogens with zero attached hydrogens (tertiary/aromatic N) is 2. The van der Waals surface area contributed by atoms with Gasteiger partial charge in [-0.25, -0.2) is 4.68 Å². The first kappa shape index (κ1) is 16.0. The molecule has 1 atom stereocenters. The molecule has 0 fully saturated rings. The molecule has 0 aliphatic carbocycles. The van der Waals surface area contributed by atoms with E-state index >= 15 is 0 Å². The van der Waals surface area contributed by atoms with Crippen LogP contribution in [0.1, 0.15) is 34.2 Å². The second-order valence-electron chi connectivity index (χ2n) is 5.53. The van der Waals surface area contributed by atoms with Gasteiger partial charge in [0.05, 0.1) is 5.69 Å². The molecule has 6 nitrogen and oxygen atoms in total. The topological polar surface area (TPSA) is 101 Å². The Bertz CT molecular complexity index is 707. The Morgan fingerprint density at radius 2 is 2.00 bits per heavy atom. The number of rotatable bonds is 4. The molecule has 0 bridgehead atoms. The summed E-state index contributed by atoms with van der Waals surface area (Å²) in [4.78, 5) is 12.6. The van der Waals surface area contributed by atoms with E-state index in [4.69, 9.17) is 5.73 Å². The molecule has 22 heavy (non-hydrogen) atoms. The van der Waals surface area contributed by atoms with E-state index in [-0.39, 0.29) is 23.3 Å². The third kappa shape index (κ3) is 2.96. The summed E-state index contributed by atoms with van der Waals surface area (Å²) in [7, 11) is 0. The maximum Gasteiger partial charge on any atom is 0.250 e. The fraction of sp³-hybridized carbons (Fsp3) is 0.375. The van der Waals surface area contributed by atoms with Crippen LogP contribution >= 0.6 is 0 Å². The van der Waals surface area contributed by atoms with E-state index in [0.717, 1.165) is 22.5 Å². The number of phenolic OH excluding ortho intramolecular Hbond substituents is 2. The summed E-state index contributed by atoms with van der Waals surface area (Å²) in [5.74, 6) is -0.789. The van der Waals surface area contributed by atoms with Crippen molar-refractivity contribution in [3.8, 4) is 11.5 Å². The van der Waals surface area contributed by atoms with Crippen molar-refractivity contribution in [1.82, 2.24) is 9.78 Å². The Balaban J connectivity index is 2.20. The lowest BCUT2D eigenvalue weighted by atomic mass is 10.00. The normalized spacial score (nSPS) is 12.4. The van der Waals surface area contributed by atoms with Gasteiger partial charge in [-0.1, -0.05) is 13.0 Å². The van der Waals surface area contributed by atoms with Crippen molar-refractivity contribution in [3.05, 3.63) is 40.7 Å². The maximum atomic E-state index is 12.6. The van der Waals surface area contributed by atoms with E-state index in [0.29, 0.717) is 13.0 Å². The summed E-state index contributed by atoms with van der Waals surface area (Å²) >= 11 is 0. The molecule has 0 saturated heterocycles. The average molecular weight is 303 g/mol. The first-order valence-corrected chi connectivity index (χ1v) is 7.15. The molecule has 118 valence electrons. The van der Waals surface area contributed by atoms with Gasteiger partial charge in [0, 0.05) is 23.7 Å². The predicted molar refractivity (Wildman–Crippen MR) is 82.9 cm³/mol. The molecule has 1 unspecified atom stereocenters. The Morgan fingerprint density at radius 1 is 1.32 bits per heavy atom. The molecule has 2 rings (SSSR count). The van der Waals surface area contributed by atoms with Gasteiger partial charge < -0.3 is 15.9 Å². The SMILES string of the molecule is Cc1nn(C(=O)C(C)Cc2ccc(O)c(O)c2)c(C)c1CN. The molecule has 1 heterocycles. The monoisotopic (exact) mass is 303 g/mol. The molecule has 4 N–H and O–H groups in total. The Morgan fingerprint density at radius 3 is 2.55 bits per heavy atom. The molecule has 0 aliphatic heterocycles. The van der Waals surface area contributed by atoms with Crippen molar-refractivity contribution in [2.24, 2.45) is 11.7 Å². The quantitative estimate of drug-likeness (QED) is 0.749. The van der Waals surface area contributed by atoms with Gasteiger partial charge in [0.1, 0.15) is 0 Å². The van der Waals surface area contributed by atoms with Crippen LogP contribution in [0, 0.1) is 19.8 Å². The van der Waals surface area contributed by atoms with Crippen molar-refractivity contribution in [3.63, 3.8) is 0 Å². The minimum Gasteiger partial charge on any atom is -0.504 e. The number of aryl methyl sites for hydroxylation is 1. The lowest BCUT2D eigenvalue weighted by Gasteiger charge is -2.12. The van der Waals surface area contributed by atoms with Gasteiger partial charge >= 0.3 is 0 Å². The van der Waals surface area contributed by atoms with Gasteiger partial charge in [0.25, 0.3) is 0 Å². The number of carbonyl (C=O) groups is 1. The molecular weight excluding hydrogens is 282 g/mol. The highest BCUT2D eigenvalue weighted by Crippen LogP contribution is 2.26. The summed E-state index contributed by atoms with van der Waals surface area (Å²) in [6.45, 7) is 5.83. The molecule has 2 aromatic rings.